The van der Waals surface area contributed by atoms with E-state index in [2.05, 4.69) is 10.3 Å². The molecule has 0 aliphatic rings. The number of aryl methyl sites for hydroxylation is 2. The van der Waals surface area contributed by atoms with Crippen molar-refractivity contribution in [1.29, 1.82) is 0 Å². The second-order valence-corrected chi connectivity index (χ2v) is 5.71. The van der Waals surface area contributed by atoms with Crippen LogP contribution in [0.4, 0.5) is 0 Å². The molecular weight excluding hydrogens is 272 g/mol. The van der Waals surface area contributed by atoms with Crippen molar-refractivity contribution in [2.24, 2.45) is 0 Å². The van der Waals surface area contributed by atoms with Crippen molar-refractivity contribution in [1.82, 2.24) is 10.3 Å². The van der Waals surface area contributed by atoms with Gasteiger partial charge in [0.25, 0.3) is 5.91 Å². The first-order valence-electron chi connectivity index (χ1n) is 6.39. The molecule has 20 heavy (non-hydrogen) atoms. The van der Waals surface area contributed by atoms with Crippen LogP contribution in [0.2, 0.25) is 0 Å². The summed E-state index contributed by atoms with van der Waals surface area (Å²) in [4.78, 5) is 17.1. The van der Waals surface area contributed by atoms with Gasteiger partial charge in [-0.05, 0) is 19.4 Å². The maximum Gasteiger partial charge on any atom is 0.263 e. The molecular formula is C15H18N2O2S. The fourth-order valence-corrected chi connectivity index (χ4v) is 2.77. The minimum absolute atomic E-state index is 0.0806. The lowest BCUT2D eigenvalue weighted by Gasteiger charge is -2.04. The molecule has 4 nitrogen and oxygen atoms in total. The van der Waals surface area contributed by atoms with Gasteiger partial charge in [-0.15, -0.1) is 11.3 Å². The van der Waals surface area contributed by atoms with Crippen molar-refractivity contribution in [2.75, 3.05) is 7.11 Å². The first-order chi connectivity index (χ1) is 9.60. The highest BCUT2D eigenvalue weighted by molar-refractivity contribution is 7.13. The van der Waals surface area contributed by atoms with Gasteiger partial charge in [0.15, 0.2) is 0 Å². The highest BCUT2D eigenvalue weighted by atomic mass is 32.1. The van der Waals surface area contributed by atoms with Crippen molar-refractivity contribution < 1.29 is 9.53 Å². The summed E-state index contributed by atoms with van der Waals surface area (Å²) < 4.78 is 5.03. The molecule has 106 valence electrons. The number of hydrogen-bond acceptors (Lipinski definition) is 4. The summed E-state index contributed by atoms with van der Waals surface area (Å²) in [5.41, 5.74) is 3.05. The van der Waals surface area contributed by atoms with Gasteiger partial charge in [0.05, 0.1) is 12.3 Å². The third-order valence-electron chi connectivity index (χ3n) is 2.89. The topological polar surface area (TPSA) is 51.2 Å². The summed E-state index contributed by atoms with van der Waals surface area (Å²) in [6.07, 6.45) is 0. The van der Waals surface area contributed by atoms with Gasteiger partial charge < -0.3 is 10.1 Å². The number of methoxy groups -OCH3 is 1. The molecule has 1 aromatic carbocycles. The lowest BCUT2D eigenvalue weighted by atomic mass is 10.1. The summed E-state index contributed by atoms with van der Waals surface area (Å²) in [6, 6.07) is 8.11. The summed E-state index contributed by atoms with van der Waals surface area (Å²) in [5.74, 6) is -0.0806. The third kappa shape index (κ3) is 3.65. The number of ether oxygens (including phenoxy) is 1. The molecule has 0 aliphatic carbocycles. The molecule has 0 atom stereocenters. The van der Waals surface area contributed by atoms with Crippen LogP contribution in [-0.4, -0.2) is 18.0 Å². The lowest BCUT2D eigenvalue weighted by molar-refractivity contribution is 0.0954. The normalized spacial score (nSPS) is 10.6. The molecule has 0 aliphatic heterocycles. The minimum Gasteiger partial charge on any atom is -0.378 e. The van der Waals surface area contributed by atoms with Crippen LogP contribution in [0.5, 0.6) is 0 Å². The molecule has 0 bridgehead atoms. The van der Waals surface area contributed by atoms with Crippen LogP contribution < -0.4 is 5.32 Å². The number of aromatic nitrogens is 1. The maximum atomic E-state index is 12.1. The SMILES string of the molecule is COCc1nc(C)c(C(=O)NCc2ccc(C)cc2)s1. The van der Waals surface area contributed by atoms with Crippen molar-refractivity contribution >= 4 is 17.2 Å². The number of rotatable bonds is 5. The molecule has 0 spiro atoms. The van der Waals surface area contributed by atoms with Crippen LogP contribution in [0.3, 0.4) is 0 Å². The zero-order valence-electron chi connectivity index (χ0n) is 11.9. The number of carbonyl (C=O) groups is 1. The summed E-state index contributed by atoms with van der Waals surface area (Å²) in [5, 5.41) is 3.75. The Morgan fingerprint density at radius 2 is 2.00 bits per heavy atom. The van der Waals surface area contributed by atoms with Crippen LogP contribution in [0, 0.1) is 13.8 Å². The fourth-order valence-electron chi connectivity index (χ4n) is 1.82. The number of carbonyl (C=O) groups excluding carboxylic acids is 1. The highest BCUT2D eigenvalue weighted by Gasteiger charge is 2.14. The Hall–Kier alpha value is -1.72. The number of nitrogens with zero attached hydrogens (tertiary/aromatic N) is 1. The Kier molecular flexibility index (Phi) is 4.87. The largest absolute Gasteiger partial charge is 0.378 e. The molecule has 0 unspecified atom stereocenters. The first kappa shape index (κ1) is 14.7. The molecule has 2 aromatic rings. The molecule has 0 saturated carbocycles. The number of hydrogen-bond donors (Lipinski definition) is 1. The quantitative estimate of drug-likeness (QED) is 0.921. The molecule has 0 radical (unpaired) electrons. The van der Waals surface area contributed by atoms with Gasteiger partial charge in [0, 0.05) is 13.7 Å². The predicted octanol–water partition coefficient (Wildman–Crippen LogP) is 2.84. The molecule has 1 heterocycles. The first-order valence-corrected chi connectivity index (χ1v) is 7.21. The van der Waals surface area contributed by atoms with E-state index in [-0.39, 0.29) is 5.91 Å². The molecule has 1 aromatic heterocycles. The Balaban J connectivity index is 1.99. The van der Waals surface area contributed by atoms with Crippen molar-refractivity contribution in [3.8, 4) is 0 Å². The molecule has 1 N–H and O–H groups in total. The van der Waals surface area contributed by atoms with Crippen molar-refractivity contribution in [3.63, 3.8) is 0 Å². The van der Waals surface area contributed by atoms with E-state index < -0.39 is 0 Å². The van der Waals surface area contributed by atoms with Crippen LogP contribution in [-0.2, 0) is 17.9 Å². The average Bonchev–Trinajstić information content (AvgIpc) is 2.79. The highest BCUT2D eigenvalue weighted by Crippen LogP contribution is 2.18. The van der Waals surface area contributed by atoms with Gasteiger partial charge in [-0.3, -0.25) is 4.79 Å². The molecule has 2 rings (SSSR count). The Morgan fingerprint density at radius 3 is 2.65 bits per heavy atom. The van der Waals surface area contributed by atoms with Gasteiger partial charge >= 0.3 is 0 Å². The fraction of sp³-hybridized carbons (Fsp3) is 0.333. The molecule has 0 fully saturated rings. The monoisotopic (exact) mass is 290 g/mol. The van der Waals surface area contributed by atoms with Crippen molar-refractivity contribution in [3.05, 3.63) is 51.0 Å². The van der Waals surface area contributed by atoms with Gasteiger partial charge in [-0.2, -0.15) is 0 Å². The van der Waals surface area contributed by atoms with E-state index in [9.17, 15) is 4.79 Å². The van der Waals surface area contributed by atoms with E-state index in [1.54, 1.807) is 7.11 Å². The van der Waals surface area contributed by atoms with E-state index in [0.717, 1.165) is 16.3 Å². The Labute approximate surface area is 122 Å². The van der Waals surface area contributed by atoms with E-state index in [1.807, 2.05) is 38.1 Å². The molecule has 1 amide bonds. The number of nitrogens with one attached hydrogen (secondary N) is 1. The Bertz CT molecular complexity index is 590. The summed E-state index contributed by atoms with van der Waals surface area (Å²) >= 11 is 1.38. The van der Waals surface area contributed by atoms with Gasteiger partial charge in [-0.1, -0.05) is 29.8 Å². The minimum atomic E-state index is -0.0806. The van der Waals surface area contributed by atoms with Crippen LogP contribution >= 0.6 is 11.3 Å². The van der Waals surface area contributed by atoms with Gasteiger partial charge in [0.2, 0.25) is 0 Å². The zero-order valence-corrected chi connectivity index (χ0v) is 12.7. The Morgan fingerprint density at radius 1 is 1.30 bits per heavy atom. The standard InChI is InChI=1S/C15H18N2O2S/c1-10-4-6-12(7-5-10)8-16-15(18)14-11(2)17-13(20-14)9-19-3/h4-7H,8-9H2,1-3H3,(H,16,18). The predicted molar refractivity (Wildman–Crippen MR) is 79.9 cm³/mol. The summed E-state index contributed by atoms with van der Waals surface area (Å²) in [7, 11) is 1.62. The van der Waals surface area contributed by atoms with Crippen LogP contribution in [0.25, 0.3) is 0 Å². The second kappa shape index (κ2) is 6.63. The maximum absolute atomic E-state index is 12.1. The molecule has 5 heteroatoms. The van der Waals surface area contributed by atoms with E-state index in [1.165, 1.54) is 16.9 Å². The number of benzene rings is 1. The van der Waals surface area contributed by atoms with Crippen LogP contribution in [0.1, 0.15) is 31.5 Å². The molecule has 0 saturated heterocycles. The van der Waals surface area contributed by atoms with Gasteiger partial charge in [-0.25, -0.2) is 4.98 Å². The number of thiazole rings is 1. The van der Waals surface area contributed by atoms with Crippen LogP contribution in [0.15, 0.2) is 24.3 Å². The van der Waals surface area contributed by atoms with Crippen molar-refractivity contribution in [2.45, 2.75) is 27.0 Å². The lowest BCUT2D eigenvalue weighted by Crippen LogP contribution is -2.22. The second-order valence-electron chi connectivity index (χ2n) is 4.62. The number of amides is 1. The smallest absolute Gasteiger partial charge is 0.263 e. The van der Waals surface area contributed by atoms with E-state index >= 15 is 0 Å². The zero-order chi connectivity index (χ0) is 14.5. The third-order valence-corrected chi connectivity index (χ3v) is 4.02. The summed E-state index contributed by atoms with van der Waals surface area (Å²) in [6.45, 7) is 4.85. The van der Waals surface area contributed by atoms with E-state index in [0.29, 0.717) is 18.0 Å². The average molecular weight is 290 g/mol. The van der Waals surface area contributed by atoms with Gasteiger partial charge in [0.1, 0.15) is 9.88 Å². The van der Waals surface area contributed by atoms with E-state index in [4.69, 9.17) is 4.74 Å².